The lowest BCUT2D eigenvalue weighted by atomic mass is 10.2. The fraction of sp³-hybridized carbons (Fsp3) is 0.158. The van der Waals surface area contributed by atoms with Crippen molar-refractivity contribution in [3.63, 3.8) is 0 Å². The van der Waals surface area contributed by atoms with Crippen LogP contribution < -0.4 is 9.80 Å². The largest absolute Gasteiger partial charge is 0.328 e. The summed E-state index contributed by atoms with van der Waals surface area (Å²) in [4.78, 5) is 16.6. The first-order valence-electron chi connectivity index (χ1n) is 7.76. The molecule has 0 saturated heterocycles. The number of rotatable bonds is 4. The number of para-hydroxylation sites is 2. The number of carbonyl (C=O) groups is 1. The third-order valence-electron chi connectivity index (χ3n) is 4.12. The first kappa shape index (κ1) is 18.0. The molecule has 0 aliphatic carbocycles. The van der Waals surface area contributed by atoms with Crippen molar-refractivity contribution >= 4 is 28.9 Å². The predicted octanol–water partition coefficient (Wildman–Crippen LogP) is 3.95. The number of Topliss-reactive ketones (excluding diaryl/α,β-unsaturated/α-hetero) is 1. The highest BCUT2D eigenvalue weighted by molar-refractivity contribution is 8.00. The highest BCUT2D eigenvalue weighted by Gasteiger charge is 2.31. The zero-order valence-electron chi connectivity index (χ0n) is 14.2. The highest BCUT2D eigenvalue weighted by Crippen LogP contribution is 2.40. The van der Waals surface area contributed by atoms with Gasteiger partial charge in [-0.25, -0.2) is 8.78 Å². The lowest BCUT2D eigenvalue weighted by Gasteiger charge is -2.19. The third-order valence-corrected chi connectivity index (χ3v) is 5.11. The second-order valence-corrected chi connectivity index (χ2v) is 6.75. The second-order valence-electron chi connectivity index (χ2n) is 5.70. The van der Waals surface area contributed by atoms with Crippen LogP contribution in [0.5, 0.6) is 0 Å². The summed E-state index contributed by atoms with van der Waals surface area (Å²) in [5.41, 5.74) is 1.83. The van der Waals surface area contributed by atoms with E-state index in [1.54, 1.807) is 23.9 Å². The van der Waals surface area contributed by atoms with E-state index in [1.807, 2.05) is 30.3 Å². The maximum absolute atomic E-state index is 13.3. The molecule has 26 heavy (non-hydrogen) atoms. The molecule has 0 unspecified atom stereocenters. The lowest BCUT2D eigenvalue weighted by molar-refractivity contribution is -0.112. The van der Waals surface area contributed by atoms with Crippen LogP contribution in [0.2, 0.25) is 0 Å². The van der Waals surface area contributed by atoms with Gasteiger partial charge in [0.05, 0.1) is 17.1 Å². The summed E-state index contributed by atoms with van der Waals surface area (Å²) >= 11 is 1.06. The van der Waals surface area contributed by atoms with E-state index >= 15 is 0 Å². The van der Waals surface area contributed by atoms with Crippen molar-refractivity contribution in [2.75, 3.05) is 29.6 Å². The SMILES string of the molecule is CN1C(=C(C#N)C(=O)CSc2ccc(F)c(F)c2)N(C)c2ccccc21. The fourth-order valence-corrected chi connectivity index (χ4v) is 3.64. The zero-order chi connectivity index (χ0) is 18.8. The van der Waals surface area contributed by atoms with Crippen LogP contribution in [0.4, 0.5) is 20.2 Å². The molecule has 7 heteroatoms. The monoisotopic (exact) mass is 371 g/mol. The van der Waals surface area contributed by atoms with Gasteiger partial charge in [0, 0.05) is 19.0 Å². The maximum Gasteiger partial charge on any atom is 0.187 e. The van der Waals surface area contributed by atoms with Crippen LogP contribution in [-0.2, 0) is 4.79 Å². The van der Waals surface area contributed by atoms with Crippen LogP contribution >= 0.6 is 11.8 Å². The number of hydrogen-bond acceptors (Lipinski definition) is 5. The molecule has 1 heterocycles. The normalized spacial score (nSPS) is 12.8. The summed E-state index contributed by atoms with van der Waals surface area (Å²) in [6.07, 6.45) is 0. The summed E-state index contributed by atoms with van der Waals surface area (Å²) < 4.78 is 26.3. The van der Waals surface area contributed by atoms with E-state index in [2.05, 4.69) is 0 Å². The number of nitrogens with zero attached hydrogens (tertiary/aromatic N) is 3. The molecule has 132 valence electrons. The van der Waals surface area contributed by atoms with E-state index in [1.165, 1.54) is 6.07 Å². The first-order valence-corrected chi connectivity index (χ1v) is 8.74. The number of nitriles is 1. The minimum atomic E-state index is -0.966. The van der Waals surface area contributed by atoms with Gasteiger partial charge in [-0.1, -0.05) is 12.1 Å². The van der Waals surface area contributed by atoms with Gasteiger partial charge in [0.25, 0.3) is 0 Å². The molecule has 0 aromatic heterocycles. The van der Waals surface area contributed by atoms with E-state index in [0.717, 1.165) is 35.3 Å². The Hall–Kier alpha value is -2.85. The van der Waals surface area contributed by atoms with Crippen molar-refractivity contribution in [1.29, 1.82) is 5.26 Å². The Morgan fingerprint density at radius 3 is 2.23 bits per heavy atom. The summed E-state index contributed by atoms with van der Waals surface area (Å²) in [7, 11) is 3.59. The number of ketones is 1. The molecule has 0 N–H and O–H groups in total. The van der Waals surface area contributed by atoms with Gasteiger partial charge < -0.3 is 9.80 Å². The maximum atomic E-state index is 13.3. The molecule has 0 atom stereocenters. The molecule has 0 saturated carbocycles. The van der Waals surface area contributed by atoms with E-state index in [4.69, 9.17) is 0 Å². The second kappa shape index (κ2) is 7.18. The van der Waals surface area contributed by atoms with Crippen LogP contribution in [0, 0.1) is 23.0 Å². The number of halogens is 2. The van der Waals surface area contributed by atoms with Gasteiger partial charge in [-0.15, -0.1) is 11.8 Å². The Kier molecular flexibility index (Phi) is 4.96. The average Bonchev–Trinajstić information content (AvgIpc) is 2.89. The molecule has 3 rings (SSSR count). The molecular weight excluding hydrogens is 356 g/mol. The van der Waals surface area contributed by atoms with Crippen molar-refractivity contribution in [1.82, 2.24) is 0 Å². The molecule has 0 bridgehead atoms. The number of anilines is 2. The van der Waals surface area contributed by atoms with E-state index in [-0.39, 0.29) is 17.1 Å². The van der Waals surface area contributed by atoms with Crippen LogP contribution in [0.3, 0.4) is 0 Å². The number of hydrogen-bond donors (Lipinski definition) is 0. The Morgan fingerprint density at radius 2 is 1.69 bits per heavy atom. The van der Waals surface area contributed by atoms with E-state index < -0.39 is 11.6 Å². The zero-order valence-corrected chi connectivity index (χ0v) is 15.0. The smallest absolute Gasteiger partial charge is 0.187 e. The molecule has 0 amide bonds. The van der Waals surface area contributed by atoms with Crippen LogP contribution in [0.1, 0.15) is 0 Å². The van der Waals surface area contributed by atoms with Gasteiger partial charge in [-0.05, 0) is 30.3 Å². The minimum Gasteiger partial charge on any atom is -0.328 e. The number of carbonyl (C=O) groups excluding carboxylic acids is 1. The minimum absolute atomic E-state index is 0.0290. The Bertz CT molecular complexity index is 921. The summed E-state index contributed by atoms with van der Waals surface area (Å²) in [5.74, 6) is -1.82. The van der Waals surface area contributed by atoms with Gasteiger partial charge in [0.2, 0.25) is 0 Å². The number of thioether (sulfide) groups is 1. The van der Waals surface area contributed by atoms with Crippen LogP contribution in [-0.4, -0.2) is 25.6 Å². The first-order chi connectivity index (χ1) is 12.4. The molecule has 2 aromatic rings. The van der Waals surface area contributed by atoms with Gasteiger partial charge >= 0.3 is 0 Å². The molecule has 0 spiro atoms. The fourth-order valence-electron chi connectivity index (χ4n) is 2.84. The van der Waals surface area contributed by atoms with Crippen LogP contribution in [0.15, 0.2) is 58.8 Å². The molecular formula is C19H15F2N3OS. The van der Waals surface area contributed by atoms with Crippen molar-refractivity contribution in [2.24, 2.45) is 0 Å². The van der Waals surface area contributed by atoms with Gasteiger partial charge in [-0.3, -0.25) is 4.79 Å². The van der Waals surface area contributed by atoms with Gasteiger partial charge in [0.1, 0.15) is 17.5 Å². The summed E-state index contributed by atoms with van der Waals surface area (Å²) in [6.45, 7) is 0. The highest BCUT2D eigenvalue weighted by atomic mass is 32.2. The molecule has 0 fully saturated rings. The van der Waals surface area contributed by atoms with E-state index in [0.29, 0.717) is 10.7 Å². The molecule has 1 aliphatic rings. The van der Waals surface area contributed by atoms with E-state index in [9.17, 15) is 18.8 Å². The standard InChI is InChI=1S/C19H15F2N3OS/c1-23-16-5-3-4-6-17(16)24(2)19(23)13(10-22)18(25)11-26-12-7-8-14(20)15(21)9-12/h3-9H,11H2,1-2H3. The third kappa shape index (κ3) is 3.16. The number of benzene rings is 2. The van der Waals surface area contributed by atoms with Gasteiger partial charge in [0.15, 0.2) is 17.4 Å². The molecule has 1 aliphatic heterocycles. The van der Waals surface area contributed by atoms with Crippen LogP contribution in [0.25, 0.3) is 0 Å². The van der Waals surface area contributed by atoms with Crippen molar-refractivity contribution < 1.29 is 13.6 Å². The number of fused-ring (bicyclic) bond motifs is 1. The van der Waals surface area contributed by atoms with Crippen molar-refractivity contribution in [3.05, 3.63) is 65.5 Å². The Labute approximate surface area is 154 Å². The summed E-state index contributed by atoms with van der Waals surface area (Å²) in [6, 6.07) is 13.0. The molecule has 0 radical (unpaired) electrons. The van der Waals surface area contributed by atoms with Crippen molar-refractivity contribution in [2.45, 2.75) is 4.90 Å². The summed E-state index contributed by atoms with van der Waals surface area (Å²) in [5, 5.41) is 9.55. The Morgan fingerprint density at radius 1 is 1.08 bits per heavy atom. The van der Waals surface area contributed by atoms with Gasteiger partial charge in [-0.2, -0.15) is 5.26 Å². The molecule has 4 nitrogen and oxygen atoms in total. The molecule has 2 aromatic carbocycles. The lowest BCUT2D eigenvalue weighted by Crippen LogP contribution is -2.26. The van der Waals surface area contributed by atoms with Crippen molar-refractivity contribution in [3.8, 4) is 6.07 Å². The quantitative estimate of drug-likeness (QED) is 0.463. The number of allylic oxidation sites excluding steroid dienone is 1. The predicted molar refractivity (Wildman–Crippen MR) is 98.0 cm³/mol. The average molecular weight is 371 g/mol. The Balaban J connectivity index is 1.84. The topological polar surface area (TPSA) is 47.3 Å².